The van der Waals surface area contributed by atoms with Crippen LogP contribution in [0.25, 0.3) is 11.1 Å². The lowest BCUT2D eigenvalue weighted by Gasteiger charge is -2.26. The molecule has 5 heteroatoms. The van der Waals surface area contributed by atoms with Crippen molar-refractivity contribution in [1.82, 2.24) is 10.2 Å². The molecule has 4 rings (SSSR count). The molecule has 0 aromatic heterocycles. The van der Waals surface area contributed by atoms with Crippen LogP contribution in [0.2, 0.25) is 0 Å². The van der Waals surface area contributed by atoms with Crippen molar-refractivity contribution >= 4 is 17.6 Å². The fourth-order valence-corrected chi connectivity index (χ4v) is 3.46. The van der Waals surface area contributed by atoms with Gasteiger partial charge in [0.2, 0.25) is 0 Å². The number of piperidine rings is 1. The van der Waals surface area contributed by atoms with E-state index in [-0.39, 0.29) is 17.6 Å². The first kappa shape index (κ1) is 15.6. The zero-order chi connectivity index (χ0) is 17.4. The van der Waals surface area contributed by atoms with E-state index in [1.54, 1.807) is 4.90 Å². The first-order chi connectivity index (χ1) is 12.1. The summed E-state index contributed by atoms with van der Waals surface area (Å²) in [5.74, 6) is 0.151. The SMILES string of the molecule is O=C1CCN(C(=O)c2ccc(-c3cccc4c3CNC4=O)cc2)CC1. The Balaban J connectivity index is 1.58. The predicted octanol–water partition coefficient (Wildman–Crippen LogP) is 2.40. The molecule has 0 radical (unpaired) electrons. The number of benzene rings is 2. The monoisotopic (exact) mass is 334 g/mol. The highest BCUT2D eigenvalue weighted by atomic mass is 16.2. The van der Waals surface area contributed by atoms with Gasteiger partial charge in [-0.2, -0.15) is 0 Å². The van der Waals surface area contributed by atoms with Gasteiger partial charge in [-0.05, 0) is 34.9 Å². The van der Waals surface area contributed by atoms with Crippen molar-refractivity contribution in [3.8, 4) is 11.1 Å². The van der Waals surface area contributed by atoms with Gasteiger partial charge in [0.15, 0.2) is 0 Å². The molecule has 0 unspecified atom stereocenters. The molecule has 2 aliphatic heterocycles. The fourth-order valence-electron chi connectivity index (χ4n) is 3.46. The smallest absolute Gasteiger partial charge is 0.253 e. The summed E-state index contributed by atoms with van der Waals surface area (Å²) >= 11 is 0. The van der Waals surface area contributed by atoms with Crippen molar-refractivity contribution in [2.75, 3.05) is 13.1 Å². The predicted molar refractivity (Wildman–Crippen MR) is 93.2 cm³/mol. The van der Waals surface area contributed by atoms with E-state index in [0.717, 1.165) is 22.3 Å². The summed E-state index contributed by atoms with van der Waals surface area (Å²) in [6.45, 7) is 1.53. The lowest BCUT2D eigenvalue weighted by molar-refractivity contribution is -0.120. The average molecular weight is 334 g/mol. The summed E-state index contributed by atoms with van der Waals surface area (Å²) in [6, 6.07) is 13.2. The van der Waals surface area contributed by atoms with Gasteiger partial charge >= 0.3 is 0 Å². The lowest BCUT2D eigenvalue weighted by Crippen LogP contribution is -2.38. The molecule has 2 aliphatic rings. The van der Waals surface area contributed by atoms with Gasteiger partial charge < -0.3 is 10.2 Å². The van der Waals surface area contributed by atoms with Gasteiger partial charge in [0, 0.05) is 43.6 Å². The van der Waals surface area contributed by atoms with Gasteiger partial charge in [0.25, 0.3) is 11.8 Å². The maximum atomic E-state index is 12.5. The number of hydrogen-bond acceptors (Lipinski definition) is 3. The Labute approximate surface area is 145 Å². The summed E-state index contributed by atoms with van der Waals surface area (Å²) in [7, 11) is 0. The first-order valence-corrected chi connectivity index (χ1v) is 8.45. The number of hydrogen-bond donors (Lipinski definition) is 1. The number of likely N-dealkylation sites (tertiary alicyclic amines) is 1. The first-order valence-electron chi connectivity index (χ1n) is 8.45. The molecule has 0 atom stereocenters. The van der Waals surface area contributed by atoms with E-state index in [1.165, 1.54) is 0 Å². The molecule has 2 aromatic rings. The zero-order valence-electron chi connectivity index (χ0n) is 13.7. The maximum Gasteiger partial charge on any atom is 0.253 e. The van der Waals surface area contributed by atoms with Crippen molar-refractivity contribution in [2.24, 2.45) is 0 Å². The third-order valence-electron chi connectivity index (χ3n) is 4.90. The number of Topliss-reactive ketones (excluding diaryl/α,β-unsaturated/α-hetero) is 1. The molecule has 2 amide bonds. The van der Waals surface area contributed by atoms with Crippen molar-refractivity contribution in [3.63, 3.8) is 0 Å². The quantitative estimate of drug-likeness (QED) is 0.917. The molecule has 1 fully saturated rings. The van der Waals surface area contributed by atoms with Gasteiger partial charge in [-0.15, -0.1) is 0 Å². The molecule has 2 heterocycles. The highest BCUT2D eigenvalue weighted by Gasteiger charge is 2.23. The molecule has 1 saturated heterocycles. The molecule has 126 valence electrons. The minimum Gasteiger partial charge on any atom is -0.348 e. The number of carbonyl (C=O) groups excluding carboxylic acids is 3. The molecule has 2 aromatic carbocycles. The van der Waals surface area contributed by atoms with Crippen LogP contribution in [0.1, 0.15) is 39.1 Å². The third kappa shape index (κ3) is 2.82. The normalized spacial score (nSPS) is 16.6. The molecular formula is C20H18N2O3. The molecule has 1 N–H and O–H groups in total. The molecule has 0 bridgehead atoms. The summed E-state index contributed by atoms with van der Waals surface area (Å²) in [4.78, 5) is 37.4. The van der Waals surface area contributed by atoms with Crippen molar-refractivity contribution in [3.05, 3.63) is 59.2 Å². The van der Waals surface area contributed by atoms with Crippen molar-refractivity contribution in [1.29, 1.82) is 0 Å². The number of fused-ring (bicyclic) bond motifs is 1. The lowest BCUT2D eigenvalue weighted by atomic mass is 9.96. The summed E-state index contributed by atoms with van der Waals surface area (Å²) < 4.78 is 0. The van der Waals surface area contributed by atoms with Crippen LogP contribution in [-0.2, 0) is 11.3 Å². The minimum atomic E-state index is -0.0386. The van der Waals surface area contributed by atoms with E-state index in [4.69, 9.17) is 0 Å². The zero-order valence-corrected chi connectivity index (χ0v) is 13.7. The number of nitrogens with one attached hydrogen (secondary N) is 1. The van der Waals surface area contributed by atoms with Crippen LogP contribution in [0.5, 0.6) is 0 Å². The second-order valence-corrected chi connectivity index (χ2v) is 6.42. The number of rotatable bonds is 2. The van der Waals surface area contributed by atoms with Gasteiger partial charge in [-0.3, -0.25) is 14.4 Å². The van der Waals surface area contributed by atoms with Crippen LogP contribution in [0.3, 0.4) is 0 Å². The molecular weight excluding hydrogens is 316 g/mol. The van der Waals surface area contributed by atoms with Gasteiger partial charge in [-0.1, -0.05) is 24.3 Å². The van der Waals surface area contributed by atoms with Crippen molar-refractivity contribution in [2.45, 2.75) is 19.4 Å². The molecule has 0 aliphatic carbocycles. The summed E-state index contributed by atoms with van der Waals surface area (Å²) in [6.07, 6.45) is 0.891. The number of carbonyl (C=O) groups is 3. The van der Waals surface area contributed by atoms with E-state index in [2.05, 4.69) is 5.32 Å². The summed E-state index contributed by atoms with van der Waals surface area (Å²) in [5.41, 5.74) is 4.34. The van der Waals surface area contributed by atoms with Crippen LogP contribution in [-0.4, -0.2) is 35.6 Å². The number of ketones is 1. The van der Waals surface area contributed by atoms with E-state index in [0.29, 0.717) is 38.0 Å². The van der Waals surface area contributed by atoms with Gasteiger partial charge in [0.05, 0.1) is 0 Å². The average Bonchev–Trinajstić information content (AvgIpc) is 3.03. The maximum absolute atomic E-state index is 12.5. The van der Waals surface area contributed by atoms with Crippen LogP contribution in [0, 0.1) is 0 Å². The Bertz CT molecular complexity index is 861. The standard InChI is InChI=1S/C20H18N2O3/c23-15-8-10-22(11-9-15)20(25)14-6-4-13(5-7-14)16-2-1-3-17-18(16)12-21-19(17)24/h1-7H,8-12H2,(H,21,24). The largest absolute Gasteiger partial charge is 0.348 e. The van der Waals surface area contributed by atoms with E-state index >= 15 is 0 Å². The minimum absolute atomic E-state index is 0.0332. The Morgan fingerprint density at radius 3 is 2.32 bits per heavy atom. The molecule has 0 saturated carbocycles. The molecule has 5 nitrogen and oxygen atoms in total. The Morgan fingerprint density at radius 2 is 1.60 bits per heavy atom. The van der Waals surface area contributed by atoms with Gasteiger partial charge in [-0.25, -0.2) is 0 Å². The Morgan fingerprint density at radius 1 is 0.920 bits per heavy atom. The summed E-state index contributed by atoms with van der Waals surface area (Å²) in [5, 5.41) is 2.84. The second kappa shape index (κ2) is 6.16. The fraction of sp³-hybridized carbons (Fsp3) is 0.250. The van der Waals surface area contributed by atoms with Crippen molar-refractivity contribution < 1.29 is 14.4 Å². The van der Waals surface area contributed by atoms with E-state index in [1.807, 2.05) is 42.5 Å². The van der Waals surface area contributed by atoms with Crippen LogP contribution in [0.4, 0.5) is 0 Å². The van der Waals surface area contributed by atoms with Crippen LogP contribution < -0.4 is 5.32 Å². The van der Waals surface area contributed by atoms with Crippen LogP contribution in [0.15, 0.2) is 42.5 Å². The molecule has 0 spiro atoms. The van der Waals surface area contributed by atoms with E-state index < -0.39 is 0 Å². The number of nitrogens with zero attached hydrogens (tertiary/aromatic N) is 1. The second-order valence-electron chi connectivity index (χ2n) is 6.42. The Hall–Kier alpha value is -2.95. The topological polar surface area (TPSA) is 66.5 Å². The van der Waals surface area contributed by atoms with E-state index in [9.17, 15) is 14.4 Å². The third-order valence-corrected chi connectivity index (χ3v) is 4.90. The Kier molecular flexibility index (Phi) is 3.84. The number of amides is 2. The van der Waals surface area contributed by atoms with Gasteiger partial charge in [0.1, 0.15) is 5.78 Å². The highest BCUT2D eigenvalue weighted by molar-refractivity contribution is 6.01. The van der Waals surface area contributed by atoms with Crippen LogP contribution >= 0.6 is 0 Å². The molecule has 25 heavy (non-hydrogen) atoms. The highest BCUT2D eigenvalue weighted by Crippen LogP contribution is 2.29.